The Bertz CT molecular complexity index is 985. The van der Waals surface area contributed by atoms with Crippen molar-refractivity contribution in [2.45, 2.75) is 76.0 Å². The first-order valence-electron chi connectivity index (χ1n) is 10.1. The van der Waals surface area contributed by atoms with Gasteiger partial charge in [-0.2, -0.15) is 0 Å². The fraction of sp³-hybridized carbons (Fsp3) is 0.458. The predicted octanol–water partition coefficient (Wildman–Crippen LogP) is 4.25. The number of fused-ring (bicyclic) bond motifs is 1. The van der Waals surface area contributed by atoms with E-state index in [9.17, 15) is 18.7 Å². The van der Waals surface area contributed by atoms with Gasteiger partial charge >= 0.3 is 0 Å². The van der Waals surface area contributed by atoms with Crippen LogP contribution >= 0.6 is 0 Å². The number of Topliss-reactive ketones (excluding diaryl/α,β-unsaturated/α-hetero) is 1. The van der Waals surface area contributed by atoms with E-state index >= 15 is 0 Å². The van der Waals surface area contributed by atoms with E-state index in [0.29, 0.717) is 42.6 Å². The van der Waals surface area contributed by atoms with Gasteiger partial charge in [-0.25, -0.2) is 0 Å². The Hall–Kier alpha value is -1.82. The highest BCUT2D eigenvalue weighted by molar-refractivity contribution is 7.97. The molecular weight excluding hydrogens is 384 g/mol. The molecule has 0 aliphatic heterocycles. The summed E-state index contributed by atoms with van der Waals surface area (Å²) in [5.41, 5.74) is 4.67. The van der Waals surface area contributed by atoms with Crippen LogP contribution in [0.2, 0.25) is 0 Å². The topological polar surface area (TPSA) is 77.4 Å². The third kappa shape index (κ3) is 5.41. The van der Waals surface area contributed by atoms with Gasteiger partial charge in [0.2, 0.25) is 0 Å². The van der Waals surface area contributed by atoms with E-state index in [1.807, 2.05) is 38.1 Å². The van der Waals surface area contributed by atoms with Gasteiger partial charge in [-0.3, -0.25) is 4.79 Å². The number of hydrogen-bond acceptors (Lipinski definition) is 4. The number of aliphatic hydroxyl groups is 1. The van der Waals surface area contributed by atoms with E-state index in [0.717, 1.165) is 27.8 Å². The Morgan fingerprint density at radius 1 is 1.07 bits per heavy atom. The number of rotatable bonds is 6. The highest BCUT2D eigenvalue weighted by Crippen LogP contribution is 2.32. The molecule has 1 unspecified atom stereocenters. The molecule has 0 amide bonds. The number of aryl methyl sites for hydroxylation is 4. The van der Waals surface area contributed by atoms with Crippen LogP contribution in [0.5, 0.6) is 0 Å². The maximum atomic E-state index is 13.4. The smallest absolute Gasteiger partial charge is 0.159 e. The number of sulfone groups is 1. The van der Waals surface area contributed by atoms with Crippen molar-refractivity contribution in [3.63, 3.8) is 0 Å². The van der Waals surface area contributed by atoms with Crippen LogP contribution in [0.15, 0.2) is 35.2 Å². The van der Waals surface area contributed by atoms with Crippen molar-refractivity contribution in [2.24, 2.45) is 0 Å². The Labute approximate surface area is 174 Å². The van der Waals surface area contributed by atoms with Crippen LogP contribution in [0, 0.1) is 13.8 Å². The number of ketones is 1. The molecule has 29 heavy (non-hydrogen) atoms. The summed E-state index contributed by atoms with van der Waals surface area (Å²) in [5, 5.41) is 10.1. The second-order valence-electron chi connectivity index (χ2n) is 8.93. The van der Waals surface area contributed by atoms with E-state index in [-0.39, 0.29) is 11.5 Å². The summed E-state index contributed by atoms with van der Waals surface area (Å²) < 4.78 is 26.7. The second kappa shape index (κ2) is 8.13. The molecule has 0 saturated carbocycles. The molecular formula is C24H30O4S. The van der Waals surface area contributed by atoms with Crippen molar-refractivity contribution in [1.29, 1.82) is 0 Å². The summed E-state index contributed by atoms with van der Waals surface area (Å²) >= 11 is 0. The molecule has 0 fully saturated rings. The molecule has 2 aromatic rings. The lowest BCUT2D eigenvalue weighted by Gasteiger charge is -2.24. The molecule has 4 nitrogen and oxygen atoms in total. The zero-order chi connectivity index (χ0) is 21.4. The first kappa shape index (κ1) is 21.9. The van der Waals surface area contributed by atoms with Gasteiger partial charge in [-0.15, -0.1) is 4.21 Å². The first-order valence-corrected chi connectivity index (χ1v) is 11.8. The highest BCUT2D eigenvalue weighted by Gasteiger charge is 2.29. The van der Waals surface area contributed by atoms with E-state index in [1.165, 1.54) is 0 Å². The van der Waals surface area contributed by atoms with Gasteiger partial charge in [0.05, 0.1) is 15.8 Å². The van der Waals surface area contributed by atoms with Crippen LogP contribution in [0.3, 0.4) is 0 Å². The summed E-state index contributed by atoms with van der Waals surface area (Å²) in [5.74, 6) is 0.137. The maximum Gasteiger partial charge on any atom is 0.159 e. The fourth-order valence-corrected chi connectivity index (χ4v) is 5.46. The van der Waals surface area contributed by atoms with Gasteiger partial charge in [-0.05, 0) is 75.3 Å². The summed E-state index contributed by atoms with van der Waals surface area (Å²) in [6.07, 6.45) is 2.32. The number of hydrogen-bond donors (Lipinski definition) is 1. The van der Waals surface area contributed by atoms with Crippen LogP contribution < -0.4 is 0 Å². The van der Waals surface area contributed by atoms with E-state index in [2.05, 4.69) is 0 Å². The number of carbonyl (C=O) groups excluding carboxylic acids is 1. The fourth-order valence-electron chi connectivity index (χ4n) is 3.81. The second-order valence-corrected chi connectivity index (χ2v) is 10.9. The van der Waals surface area contributed by atoms with Crippen LogP contribution in [-0.4, -0.2) is 21.0 Å². The lowest BCUT2D eigenvalue weighted by atomic mass is 9.88. The van der Waals surface area contributed by atoms with Crippen molar-refractivity contribution in [3.8, 4) is 0 Å². The Kier molecular flexibility index (Phi) is 6.13. The first-order chi connectivity index (χ1) is 13.4. The zero-order valence-electron chi connectivity index (χ0n) is 17.7. The lowest BCUT2D eigenvalue weighted by molar-refractivity contribution is -0.118. The molecule has 2 aromatic carbocycles. The van der Waals surface area contributed by atoms with Crippen molar-refractivity contribution >= 4 is 16.0 Å². The van der Waals surface area contributed by atoms with Gasteiger partial charge in [-0.1, -0.05) is 24.3 Å². The third-order valence-corrected chi connectivity index (χ3v) is 7.48. The lowest BCUT2D eigenvalue weighted by Crippen LogP contribution is -2.23. The molecule has 0 heterocycles. The van der Waals surface area contributed by atoms with Crippen molar-refractivity contribution in [2.75, 3.05) is 0 Å². The normalized spacial score (nSPS) is 16.4. The quantitative estimate of drug-likeness (QED) is 0.717. The average molecular weight is 415 g/mol. The van der Waals surface area contributed by atoms with E-state index in [4.69, 9.17) is 0 Å². The molecule has 0 spiro atoms. The molecule has 0 radical (unpaired) electrons. The molecule has 3 rings (SSSR count). The monoisotopic (exact) mass is 414 g/mol. The SMILES string of the molecule is Cc1ccc(C[S+](=O)([O-])c2cc3c(cc2CCC(C)(C)O)CC(=O)CC3)cc1C. The summed E-state index contributed by atoms with van der Waals surface area (Å²) in [4.78, 5) is 12.2. The predicted molar refractivity (Wildman–Crippen MR) is 115 cm³/mol. The average Bonchev–Trinajstić information content (AvgIpc) is 2.61. The molecule has 1 aliphatic carbocycles. The Balaban J connectivity index is 2.01. The largest absolute Gasteiger partial charge is 0.610 e. The highest BCUT2D eigenvalue weighted by atomic mass is 32.3. The van der Waals surface area contributed by atoms with Gasteiger partial charge < -0.3 is 9.66 Å². The summed E-state index contributed by atoms with van der Waals surface area (Å²) in [7, 11) is -3.55. The van der Waals surface area contributed by atoms with Crippen LogP contribution in [-0.2, 0) is 44.2 Å². The molecule has 1 N–H and O–H groups in total. The van der Waals surface area contributed by atoms with Gasteiger partial charge in [0, 0.05) is 24.0 Å². The van der Waals surface area contributed by atoms with Gasteiger partial charge in [0.1, 0.15) is 11.5 Å². The molecule has 0 bridgehead atoms. The molecule has 0 saturated heterocycles. The summed E-state index contributed by atoms with van der Waals surface area (Å²) in [6, 6.07) is 9.41. The molecule has 156 valence electrons. The molecule has 1 aliphatic rings. The molecule has 1 atom stereocenters. The van der Waals surface area contributed by atoms with Crippen molar-refractivity contribution in [3.05, 3.63) is 63.7 Å². The molecule has 0 aromatic heterocycles. The van der Waals surface area contributed by atoms with Gasteiger partial charge in [0.25, 0.3) is 0 Å². The standard InChI is InChI=1S/C24H30O4S/c1-16-5-6-18(11-17(16)2)15-29(27,28)23-14-19-7-8-22(25)13-21(19)12-20(23)9-10-24(3,4)26/h5-6,11-12,14,26H,7-10,13,15H2,1-4H3. The van der Waals surface area contributed by atoms with Crippen LogP contribution in [0.1, 0.15) is 60.1 Å². The molecule has 5 heteroatoms. The Morgan fingerprint density at radius 2 is 1.79 bits per heavy atom. The minimum absolute atomic E-state index is 0.0542. The Morgan fingerprint density at radius 3 is 2.45 bits per heavy atom. The van der Waals surface area contributed by atoms with Crippen molar-refractivity contribution in [1.82, 2.24) is 0 Å². The number of carbonyl (C=O) groups is 1. The minimum atomic E-state index is -3.55. The third-order valence-electron chi connectivity index (χ3n) is 5.71. The van der Waals surface area contributed by atoms with Crippen LogP contribution in [0.25, 0.3) is 0 Å². The summed E-state index contributed by atoms with van der Waals surface area (Å²) in [6.45, 7) is 7.43. The maximum absolute atomic E-state index is 13.4. The zero-order valence-corrected chi connectivity index (χ0v) is 18.5. The van der Waals surface area contributed by atoms with E-state index < -0.39 is 15.8 Å². The number of benzene rings is 2. The minimum Gasteiger partial charge on any atom is -0.610 e. The van der Waals surface area contributed by atoms with Gasteiger partial charge in [0.15, 0.2) is 4.90 Å². The van der Waals surface area contributed by atoms with E-state index in [1.54, 1.807) is 19.9 Å². The van der Waals surface area contributed by atoms with Crippen LogP contribution in [0.4, 0.5) is 0 Å². The van der Waals surface area contributed by atoms with Crippen molar-refractivity contribution < 1.29 is 18.7 Å².